The van der Waals surface area contributed by atoms with E-state index in [9.17, 15) is 0 Å². The van der Waals surface area contributed by atoms with Crippen LogP contribution in [0.5, 0.6) is 11.5 Å². The summed E-state index contributed by atoms with van der Waals surface area (Å²) in [7, 11) is 3.32. The Labute approximate surface area is 191 Å². The first-order chi connectivity index (χ1) is 15.1. The fourth-order valence-corrected chi connectivity index (χ4v) is 5.60. The number of thioether (sulfide) groups is 1. The highest BCUT2D eigenvalue weighted by Crippen LogP contribution is 2.42. The summed E-state index contributed by atoms with van der Waals surface area (Å²) in [4.78, 5) is 11.6. The molecule has 2 aromatic carbocycles. The van der Waals surface area contributed by atoms with Crippen molar-refractivity contribution in [2.45, 2.75) is 24.8 Å². The van der Waals surface area contributed by atoms with Crippen LogP contribution in [0.3, 0.4) is 0 Å². The first kappa shape index (κ1) is 21.4. The number of hydrogen-bond donors (Lipinski definition) is 0. The van der Waals surface area contributed by atoms with Gasteiger partial charge in [-0.25, -0.2) is 9.97 Å². The second-order valence-electron chi connectivity index (χ2n) is 7.12. The van der Waals surface area contributed by atoms with Crippen LogP contribution in [0.2, 0.25) is 0 Å². The van der Waals surface area contributed by atoms with Gasteiger partial charge in [-0.1, -0.05) is 42.1 Å². The van der Waals surface area contributed by atoms with E-state index in [4.69, 9.17) is 9.47 Å². The summed E-state index contributed by atoms with van der Waals surface area (Å²) < 4.78 is 10.9. The zero-order valence-corrected chi connectivity index (χ0v) is 19.6. The molecule has 0 N–H and O–H groups in total. The van der Waals surface area contributed by atoms with E-state index in [-0.39, 0.29) is 0 Å². The molecule has 0 saturated heterocycles. The maximum Gasteiger partial charge on any atom is 0.188 e. The largest absolute Gasteiger partial charge is 0.493 e. The molecule has 2 aromatic heterocycles. The van der Waals surface area contributed by atoms with Crippen molar-refractivity contribution in [2.75, 3.05) is 14.2 Å². The molecule has 0 saturated carbocycles. The third kappa shape index (κ3) is 4.92. The number of thiophene rings is 1. The van der Waals surface area contributed by atoms with Gasteiger partial charge in [-0.05, 0) is 60.9 Å². The van der Waals surface area contributed by atoms with Crippen molar-refractivity contribution in [1.82, 2.24) is 9.97 Å². The van der Waals surface area contributed by atoms with E-state index in [2.05, 4.69) is 46.4 Å². The molecule has 0 radical (unpaired) electrons. The van der Waals surface area contributed by atoms with E-state index in [1.165, 1.54) is 20.9 Å². The predicted molar refractivity (Wildman–Crippen MR) is 129 cm³/mol. The molecular formula is C25H24N2O2S2. The molecule has 6 heteroatoms. The highest BCUT2D eigenvalue weighted by atomic mass is 32.2. The number of benzene rings is 2. The average Bonchev–Trinajstić information content (AvgIpc) is 3.21. The first-order valence-electron chi connectivity index (χ1n) is 9.93. The summed E-state index contributed by atoms with van der Waals surface area (Å²) >= 11 is 3.46. The first-order valence-corrected chi connectivity index (χ1v) is 11.7. The summed E-state index contributed by atoms with van der Waals surface area (Å²) in [6.07, 6.45) is 0. The normalized spacial score (nSPS) is 10.8. The van der Waals surface area contributed by atoms with Crippen LogP contribution >= 0.6 is 23.1 Å². The lowest BCUT2D eigenvalue weighted by atomic mass is 10.1. The smallest absolute Gasteiger partial charge is 0.188 e. The number of ether oxygens (including phenoxy) is 2. The molecule has 0 amide bonds. The minimum atomic E-state index is 0.730. The molecule has 0 aliphatic carbocycles. The number of aryl methyl sites for hydroxylation is 2. The lowest BCUT2D eigenvalue weighted by Crippen LogP contribution is -1.93. The number of methoxy groups -OCH3 is 2. The maximum atomic E-state index is 5.51. The second-order valence-corrected chi connectivity index (χ2v) is 9.12. The standard InChI is InChI=1S/C25H24N2O2S2/c1-16-12-17(2)27-25(26-16)30-15-20-14-23(31-24(20)18-8-6-5-7-9-18)19-10-11-21(28-3)22(13-19)29-4/h5-14H,15H2,1-4H3. The third-order valence-electron chi connectivity index (χ3n) is 4.83. The van der Waals surface area contributed by atoms with Crippen molar-refractivity contribution < 1.29 is 9.47 Å². The Balaban J connectivity index is 1.71. The van der Waals surface area contributed by atoms with E-state index in [1.807, 2.05) is 38.1 Å². The van der Waals surface area contributed by atoms with E-state index >= 15 is 0 Å². The summed E-state index contributed by atoms with van der Waals surface area (Å²) in [5.41, 5.74) is 5.59. The summed E-state index contributed by atoms with van der Waals surface area (Å²) in [6, 6.07) is 20.8. The molecule has 0 atom stereocenters. The SMILES string of the molecule is COc1ccc(-c2cc(CSc3nc(C)cc(C)n3)c(-c3ccccc3)s2)cc1OC. The molecule has 0 aliphatic rings. The van der Waals surface area contributed by atoms with Crippen molar-refractivity contribution in [3.8, 4) is 32.4 Å². The van der Waals surface area contributed by atoms with Gasteiger partial charge < -0.3 is 9.47 Å². The molecule has 4 nitrogen and oxygen atoms in total. The van der Waals surface area contributed by atoms with Gasteiger partial charge in [-0.15, -0.1) is 11.3 Å². The molecule has 31 heavy (non-hydrogen) atoms. The molecule has 0 aliphatic heterocycles. The molecule has 0 spiro atoms. The molecule has 4 aromatic rings. The lowest BCUT2D eigenvalue weighted by Gasteiger charge is -2.08. The second kappa shape index (κ2) is 9.54. The van der Waals surface area contributed by atoms with Gasteiger partial charge in [-0.2, -0.15) is 0 Å². The van der Waals surface area contributed by atoms with Crippen LogP contribution in [0.1, 0.15) is 17.0 Å². The number of hydrogen-bond acceptors (Lipinski definition) is 6. The number of aromatic nitrogens is 2. The Morgan fingerprint density at radius 2 is 1.52 bits per heavy atom. The topological polar surface area (TPSA) is 44.2 Å². The van der Waals surface area contributed by atoms with Gasteiger partial charge in [0.05, 0.1) is 14.2 Å². The maximum absolute atomic E-state index is 5.51. The monoisotopic (exact) mass is 448 g/mol. The Hall–Kier alpha value is -2.83. The molecule has 0 bridgehead atoms. The molecule has 2 heterocycles. The van der Waals surface area contributed by atoms with Crippen LogP contribution in [-0.4, -0.2) is 24.2 Å². The number of rotatable bonds is 7. The number of nitrogens with zero attached hydrogens (tertiary/aromatic N) is 2. The van der Waals surface area contributed by atoms with Crippen molar-refractivity contribution in [3.05, 3.63) is 77.6 Å². The third-order valence-corrected chi connectivity index (χ3v) is 7.00. The fourth-order valence-electron chi connectivity index (χ4n) is 3.40. The molecule has 4 rings (SSSR count). The molecule has 0 fully saturated rings. The van der Waals surface area contributed by atoms with Crippen molar-refractivity contribution >= 4 is 23.1 Å². The van der Waals surface area contributed by atoms with E-state index in [1.54, 1.807) is 37.3 Å². The van der Waals surface area contributed by atoms with E-state index < -0.39 is 0 Å². The van der Waals surface area contributed by atoms with Crippen LogP contribution in [0.15, 0.2) is 65.8 Å². The van der Waals surface area contributed by atoms with Crippen LogP contribution in [-0.2, 0) is 5.75 Å². The van der Waals surface area contributed by atoms with Gasteiger partial charge in [0.1, 0.15) is 0 Å². The summed E-state index contributed by atoms with van der Waals surface area (Å²) in [5, 5.41) is 0.815. The van der Waals surface area contributed by atoms with E-state index in [0.29, 0.717) is 0 Å². The quantitative estimate of drug-likeness (QED) is 0.230. The highest BCUT2D eigenvalue weighted by molar-refractivity contribution is 7.98. The highest BCUT2D eigenvalue weighted by Gasteiger charge is 2.15. The van der Waals surface area contributed by atoms with Crippen molar-refractivity contribution in [3.63, 3.8) is 0 Å². The summed E-state index contributed by atoms with van der Waals surface area (Å²) in [6.45, 7) is 4.02. The van der Waals surface area contributed by atoms with E-state index in [0.717, 1.165) is 39.4 Å². The van der Waals surface area contributed by atoms with Gasteiger partial charge in [-0.3, -0.25) is 0 Å². The Kier molecular flexibility index (Phi) is 6.59. The fraction of sp³-hybridized carbons (Fsp3) is 0.200. The minimum Gasteiger partial charge on any atom is -0.493 e. The Morgan fingerprint density at radius 1 is 0.806 bits per heavy atom. The van der Waals surface area contributed by atoms with Gasteiger partial charge >= 0.3 is 0 Å². The van der Waals surface area contributed by atoms with Crippen LogP contribution in [0.25, 0.3) is 20.9 Å². The Bertz CT molecular complexity index is 1170. The van der Waals surface area contributed by atoms with Gasteiger partial charge in [0, 0.05) is 26.9 Å². The van der Waals surface area contributed by atoms with Gasteiger partial charge in [0.25, 0.3) is 0 Å². The minimum absolute atomic E-state index is 0.730. The van der Waals surface area contributed by atoms with Gasteiger partial charge in [0.15, 0.2) is 16.7 Å². The average molecular weight is 449 g/mol. The predicted octanol–water partition coefficient (Wildman–Crippen LogP) is 6.80. The van der Waals surface area contributed by atoms with Crippen LogP contribution in [0.4, 0.5) is 0 Å². The zero-order chi connectivity index (χ0) is 21.8. The van der Waals surface area contributed by atoms with Crippen LogP contribution in [0, 0.1) is 13.8 Å². The zero-order valence-electron chi connectivity index (χ0n) is 18.0. The van der Waals surface area contributed by atoms with Gasteiger partial charge in [0.2, 0.25) is 0 Å². The van der Waals surface area contributed by atoms with Crippen molar-refractivity contribution in [2.24, 2.45) is 0 Å². The molecular weight excluding hydrogens is 424 g/mol. The molecule has 158 valence electrons. The molecule has 0 unspecified atom stereocenters. The van der Waals surface area contributed by atoms with Crippen molar-refractivity contribution in [1.29, 1.82) is 0 Å². The summed E-state index contributed by atoms with van der Waals surface area (Å²) in [5.74, 6) is 2.26. The van der Waals surface area contributed by atoms with Crippen LogP contribution < -0.4 is 9.47 Å². The lowest BCUT2D eigenvalue weighted by molar-refractivity contribution is 0.355. The Morgan fingerprint density at radius 3 is 2.19 bits per heavy atom.